The first-order valence-electron chi connectivity index (χ1n) is 9.41. The molecular formula is C20H25N3O4. The first-order valence-corrected chi connectivity index (χ1v) is 9.41. The zero-order valence-electron chi connectivity index (χ0n) is 15.9. The molecule has 2 aromatic rings. The number of para-hydroxylation sites is 1. The van der Waals surface area contributed by atoms with Crippen molar-refractivity contribution in [1.82, 2.24) is 9.66 Å². The number of rotatable bonds is 5. The zero-order chi connectivity index (χ0) is 19.6. The summed E-state index contributed by atoms with van der Waals surface area (Å²) in [5.74, 6) is -0.500. The van der Waals surface area contributed by atoms with E-state index in [1.807, 2.05) is 19.9 Å². The smallest absolute Gasteiger partial charge is 0.341 e. The van der Waals surface area contributed by atoms with Gasteiger partial charge in [0.05, 0.1) is 17.5 Å². The van der Waals surface area contributed by atoms with Crippen molar-refractivity contribution in [2.75, 3.05) is 12.0 Å². The van der Waals surface area contributed by atoms with Gasteiger partial charge in [-0.05, 0) is 38.3 Å². The molecule has 7 nitrogen and oxygen atoms in total. The number of benzene rings is 1. The van der Waals surface area contributed by atoms with Crippen LogP contribution in [-0.2, 0) is 14.3 Å². The fraction of sp³-hybridized carbons (Fsp3) is 0.500. The number of ether oxygens (including phenoxy) is 1. The van der Waals surface area contributed by atoms with Gasteiger partial charge >= 0.3 is 5.97 Å². The van der Waals surface area contributed by atoms with Crippen LogP contribution in [0.25, 0.3) is 10.9 Å². The summed E-state index contributed by atoms with van der Waals surface area (Å²) < 4.78 is 6.47. The third kappa shape index (κ3) is 3.34. The fourth-order valence-corrected chi connectivity index (χ4v) is 3.50. The van der Waals surface area contributed by atoms with E-state index < -0.39 is 11.5 Å². The molecule has 1 unspecified atom stereocenters. The molecule has 27 heavy (non-hydrogen) atoms. The Hall–Kier alpha value is -2.70. The number of fused-ring (bicyclic) bond motifs is 1. The molecule has 7 heteroatoms. The van der Waals surface area contributed by atoms with Crippen LogP contribution in [0.2, 0.25) is 0 Å². The standard InChI is InChI=1S/C20H25N3O4/c1-4-27-19(26)20(12-8-7-11-16(20)24)22-23-17(13(2)3)21-15-10-6-5-9-14(15)18(23)25/h5-6,9-10,13,22H,4,7-8,11-12H2,1-3H3. The van der Waals surface area contributed by atoms with Crippen LogP contribution in [0.4, 0.5) is 0 Å². The van der Waals surface area contributed by atoms with E-state index in [1.165, 1.54) is 4.68 Å². The van der Waals surface area contributed by atoms with Crippen LogP contribution < -0.4 is 11.0 Å². The number of Topliss-reactive ketones (excluding diaryl/α,β-unsaturated/α-hetero) is 1. The Balaban J connectivity index is 2.19. The lowest BCUT2D eigenvalue weighted by Crippen LogP contribution is -2.60. The van der Waals surface area contributed by atoms with Crippen LogP contribution in [0.3, 0.4) is 0 Å². The normalized spacial score (nSPS) is 20.1. The summed E-state index contributed by atoms with van der Waals surface area (Å²) in [7, 11) is 0. The molecule has 1 aromatic heterocycles. The molecule has 1 saturated carbocycles. The monoisotopic (exact) mass is 371 g/mol. The minimum Gasteiger partial charge on any atom is -0.464 e. The first kappa shape index (κ1) is 19.1. The van der Waals surface area contributed by atoms with Gasteiger partial charge in [-0.3, -0.25) is 15.0 Å². The van der Waals surface area contributed by atoms with E-state index in [0.29, 0.717) is 29.6 Å². The average molecular weight is 371 g/mol. The second-order valence-electron chi connectivity index (χ2n) is 7.15. The highest BCUT2D eigenvalue weighted by Crippen LogP contribution is 2.28. The summed E-state index contributed by atoms with van der Waals surface area (Å²) in [6.07, 6.45) is 1.99. The number of nitrogens with zero attached hydrogens (tertiary/aromatic N) is 2. The maximum Gasteiger partial charge on any atom is 0.341 e. The topological polar surface area (TPSA) is 90.3 Å². The number of hydrogen-bond acceptors (Lipinski definition) is 6. The first-order chi connectivity index (χ1) is 12.9. The molecule has 0 bridgehead atoms. The third-order valence-electron chi connectivity index (χ3n) is 4.93. The number of carbonyl (C=O) groups is 2. The van der Waals surface area contributed by atoms with Gasteiger partial charge < -0.3 is 4.74 Å². The number of hydrogen-bond donors (Lipinski definition) is 1. The van der Waals surface area contributed by atoms with Crippen molar-refractivity contribution in [3.8, 4) is 0 Å². The van der Waals surface area contributed by atoms with Crippen molar-refractivity contribution in [1.29, 1.82) is 0 Å². The Labute approximate surface area is 157 Å². The van der Waals surface area contributed by atoms with Gasteiger partial charge in [0.15, 0.2) is 5.78 Å². The van der Waals surface area contributed by atoms with Crippen LogP contribution in [0, 0.1) is 0 Å². The molecule has 1 N–H and O–H groups in total. The molecule has 1 aliphatic rings. The van der Waals surface area contributed by atoms with Gasteiger partial charge in [0.1, 0.15) is 5.82 Å². The van der Waals surface area contributed by atoms with Gasteiger partial charge in [0.2, 0.25) is 5.54 Å². The molecule has 1 heterocycles. The lowest BCUT2D eigenvalue weighted by Gasteiger charge is -2.36. The van der Waals surface area contributed by atoms with Crippen molar-refractivity contribution in [3.63, 3.8) is 0 Å². The summed E-state index contributed by atoms with van der Waals surface area (Å²) >= 11 is 0. The van der Waals surface area contributed by atoms with Gasteiger partial charge in [0.25, 0.3) is 5.56 Å². The predicted octanol–water partition coefficient (Wildman–Crippen LogP) is 2.51. The van der Waals surface area contributed by atoms with Crippen molar-refractivity contribution >= 4 is 22.7 Å². The van der Waals surface area contributed by atoms with E-state index in [-0.39, 0.29) is 30.3 Å². The molecule has 1 fully saturated rings. The number of esters is 1. The van der Waals surface area contributed by atoms with E-state index in [9.17, 15) is 14.4 Å². The Morgan fingerprint density at radius 3 is 2.70 bits per heavy atom. The second-order valence-corrected chi connectivity index (χ2v) is 7.15. The molecule has 1 aliphatic carbocycles. The number of carbonyl (C=O) groups excluding carboxylic acids is 2. The molecule has 1 atom stereocenters. The summed E-state index contributed by atoms with van der Waals surface area (Å²) in [5, 5.41) is 0.427. The molecule has 0 saturated heterocycles. The Bertz CT molecular complexity index is 934. The van der Waals surface area contributed by atoms with E-state index in [2.05, 4.69) is 10.4 Å². The minimum atomic E-state index is -1.55. The van der Waals surface area contributed by atoms with E-state index in [1.54, 1.807) is 25.1 Å². The quantitative estimate of drug-likeness (QED) is 0.642. The zero-order valence-corrected chi connectivity index (χ0v) is 15.9. The minimum absolute atomic E-state index is 0.0901. The van der Waals surface area contributed by atoms with Gasteiger partial charge in [0, 0.05) is 12.3 Å². The fourth-order valence-electron chi connectivity index (χ4n) is 3.50. The summed E-state index contributed by atoms with van der Waals surface area (Å²) in [5.41, 5.74) is 1.67. The van der Waals surface area contributed by atoms with Crippen molar-refractivity contribution < 1.29 is 14.3 Å². The highest BCUT2D eigenvalue weighted by molar-refractivity contribution is 6.10. The predicted molar refractivity (Wildman–Crippen MR) is 102 cm³/mol. The molecule has 3 rings (SSSR count). The van der Waals surface area contributed by atoms with Crippen molar-refractivity contribution in [3.05, 3.63) is 40.4 Å². The molecule has 0 spiro atoms. The maximum atomic E-state index is 13.2. The van der Waals surface area contributed by atoms with Crippen LogP contribution in [-0.4, -0.2) is 33.6 Å². The lowest BCUT2D eigenvalue weighted by molar-refractivity contribution is -0.154. The Kier molecular flexibility index (Phi) is 5.30. The number of ketones is 1. The van der Waals surface area contributed by atoms with E-state index >= 15 is 0 Å². The second kappa shape index (κ2) is 7.50. The lowest BCUT2D eigenvalue weighted by atomic mass is 9.81. The number of nitrogens with one attached hydrogen (secondary N) is 1. The molecule has 0 aliphatic heterocycles. The van der Waals surface area contributed by atoms with Gasteiger partial charge in [-0.1, -0.05) is 26.0 Å². The third-order valence-corrected chi connectivity index (χ3v) is 4.93. The highest BCUT2D eigenvalue weighted by atomic mass is 16.5. The van der Waals surface area contributed by atoms with Gasteiger partial charge in [-0.2, -0.15) is 0 Å². The molecule has 0 radical (unpaired) electrons. The van der Waals surface area contributed by atoms with E-state index in [4.69, 9.17) is 4.74 Å². The number of aromatic nitrogens is 2. The summed E-state index contributed by atoms with van der Waals surface area (Å²) in [6.45, 7) is 5.68. The largest absolute Gasteiger partial charge is 0.464 e. The van der Waals surface area contributed by atoms with Crippen molar-refractivity contribution in [2.24, 2.45) is 0 Å². The van der Waals surface area contributed by atoms with Gasteiger partial charge in [-0.15, -0.1) is 0 Å². The highest BCUT2D eigenvalue weighted by Gasteiger charge is 2.49. The molecule has 144 valence electrons. The van der Waals surface area contributed by atoms with Crippen LogP contribution >= 0.6 is 0 Å². The van der Waals surface area contributed by atoms with Gasteiger partial charge in [-0.25, -0.2) is 14.5 Å². The molecular weight excluding hydrogens is 346 g/mol. The van der Waals surface area contributed by atoms with Crippen LogP contribution in [0.15, 0.2) is 29.1 Å². The molecule has 1 aromatic carbocycles. The summed E-state index contributed by atoms with van der Waals surface area (Å²) in [6, 6.07) is 7.05. The summed E-state index contributed by atoms with van der Waals surface area (Å²) in [4.78, 5) is 43.3. The Morgan fingerprint density at radius 1 is 1.30 bits per heavy atom. The molecule has 0 amide bonds. The average Bonchev–Trinajstić information content (AvgIpc) is 2.65. The maximum absolute atomic E-state index is 13.2. The van der Waals surface area contributed by atoms with Crippen LogP contribution in [0.5, 0.6) is 0 Å². The Morgan fingerprint density at radius 2 is 2.04 bits per heavy atom. The van der Waals surface area contributed by atoms with E-state index in [0.717, 1.165) is 6.42 Å². The van der Waals surface area contributed by atoms with Crippen molar-refractivity contribution in [2.45, 2.75) is 57.9 Å². The van der Waals surface area contributed by atoms with Crippen LogP contribution in [0.1, 0.15) is 58.2 Å². The SMILES string of the molecule is CCOC(=O)C1(Nn2c(C(C)C)nc3ccccc3c2=O)CCCCC1=O.